The van der Waals surface area contributed by atoms with Crippen LogP contribution in [0, 0.1) is 5.92 Å². The summed E-state index contributed by atoms with van der Waals surface area (Å²) in [5.74, 6) is 0.464. The summed E-state index contributed by atoms with van der Waals surface area (Å²) in [6.45, 7) is 7.33. The second kappa shape index (κ2) is 6.35. The molecule has 2 aromatic rings. The standard InChI is InChI=1S/C15H23N3S/c1-4-5-14-17-13(10-19-14)9-18-7-6-12(8-18)15(16)11(2)3/h6-8,10-11,15H,4-5,9,16H2,1-3H3. The molecule has 0 fully saturated rings. The summed E-state index contributed by atoms with van der Waals surface area (Å²) in [5, 5.41) is 3.40. The molecular weight excluding hydrogens is 254 g/mol. The highest BCUT2D eigenvalue weighted by molar-refractivity contribution is 7.09. The van der Waals surface area contributed by atoms with E-state index in [1.807, 2.05) is 0 Å². The van der Waals surface area contributed by atoms with Crippen molar-refractivity contribution in [1.82, 2.24) is 9.55 Å². The van der Waals surface area contributed by atoms with E-state index in [1.165, 1.54) is 10.6 Å². The van der Waals surface area contributed by atoms with Crippen molar-refractivity contribution in [1.29, 1.82) is 0 Å². The largest absolute Gasteiger partial charge is 0.348 e. The van der Waals surface area contributed by atoms with Gasteiger partial charge in [-0.25, -0.2) is 4.98 Å². The summed E-state index contributed by atoms with van der Waals surface area (Å²) in [5.41, 5.74) is 8.52. The van der Waals surface area contributed by atoms with E-state index >= 15 is 0 Å². The zero-order chi connectivity index (χ0) is 13.8. The van der Waals surface area contributed by atoms with Gasteiger partial charge in [0.2, 0.25) is 0 Å². The molecule has 2 aromatic heterocycles. The lowest BCUT2D eigenvalue weighted by Crippen LogP contribution is -2.15. The van der Waals surface area contributed by atoms with Crippen LogP contribution in [-0.2, 0) is 13.0 Å². The number of aryl methyl sites for hydroxylation is 1. The third kappa shape index (κ3) is 3.67. The Labute approximate surface area is 119 Å². The zero-order valence-electron chi connectivity index (χ0n) is 12.0. The molecular formula is C15H23N3S. The van der Waals surface area contributed by atoms with Crippen molar-refractivity contribution in [2.24, 2.45) is 11.7 Å². The number of aromatic nitrogens is 2. The van der Waals surface area contributed by atoms with Crippen LogP contribution in [0.25, 0.3) is 0 Å². The van der Waals surface area contributed by atoms with E-state index in [0.717, 1.165) is 25.1 Å². The van der Waals surface area contributed by atoms with E-state index in [4.69, 9.17) is 5.73 Å². The lowest BCUT2D eigenvalue weighted by molar-refractivity contribution is 0.513. The maximum Gasteiger partial charge on any atom is 0.0928 e. The minimum atomic E-state index is 0.118. The highest BCUT2D eigenvalue weighted by Crippen LogP contribution is 2.20. The second-order valence-corrected chi connectivity index (χ2v) is 6.31. The van der Waals surface area contributed by atoms with E-state index < -0.39 is 0 Å². The van der Waals surface area contributed by atoms with Gasteiger partial charge in [0.15, 0.2) is 0 Å². The predicted octanol–water partition coefficient (Wildman–Crippen LogP) is 3.60. The summed E-state index contributed by atoms with van der Waals surface area (Å²) >= 11 is 1.76. The number of nitrogens with two attached hydrogens (primary N) is 1. The Morgan fingerprint density at radius 3 is 2.89 bits per heavy atom. The first kappa shape index (κ1) is 14.3. The molecule has 0 amide bonds. The fourth-order valence-corrected chi connectivity index (χ4v) is 2.97. The third-order valence-corrected chi connectivity index (χ3v) is 4.24. The van der Waals surface area contributed by atoms with Crippen LogP contribution in [0.4, 0.5) is 0 Å². The smallest absolute Gasteiger partial charge is 0.0928 e. The van der Waals surface area contributed by atoms with Crippen LogP contribution in [0.1, 0.15) is 49.5 Å². The normalized spacial score (nSPS) is 13.1. The van der Waals surface area contributed by atoms with Crippen molar-refractivity contribution in [3.8, 4) is 0 Å². The van der Waals surface area contributed by atoms with Gasteiger partial charge in [-0.15, -0.1) is 11.3 Å². The van der Waals surface area contributed by atoms with Crippen molar-refractivity contribution in [2.45, 2.75) is 46.2 Å². The molecule has 0 aliphatic carbocycles. The molecule has 0 spiro atoms. The fraction of sp³-hybridized carbons (Fsp3) is 0.533. The molecule has 0 saturated heterocycles. The summed E-state index contributed by atoms with van der Waals surface area (Å²) in [6.07, 6.45) is 6.48. The zero-order valence-corrected chi connectivity index (χ0v) is 12.8. The predicted molar refractivity (Wildman–Crippen MR) is 81.4 cm³/mol. The quantitative estimate of drug-likeness (QED) is 0.876. The number of hydrogen-bond acceptors (Lipinski definition) is 3. The van der Waals surface area contributed by atoms with Crippen molar-refractivity contribution < 1.29 is 0 Å². The molecule has 2 rings (SSSR count). The van der Waals surface area contributed by atoms with E-state index in [-0.39, 0.29) is 6.04 Å². The highest BCUT2D eigenvalue weighted by atomic mass is 32.1. The fourth-order valence-electron chi connectivity index (χ4n) is 2.08. The van der Waals surface area contributed by atoms with Crippen LogP contribution in [0.15, 0.2) is 23.8 Å². The monoisotopic (exact) mass is 277 g/mol. The number of nitrogens with zero attached hydrogens (tertiary/aromatic N) is 2. The van der Waals surface area contributed by atoms with Gasteiger partial charge < -0.3 is 10.3 Å². The number of rotatable bonds is 6. The molecule has 0 radical (unpaired) electrons. The summed E-state index contributed by atoms with van der Waals surface area (Å²) in [4.78, 5) is 4.65. The molecule has 3 nitrogen and oxygen atoms in total. The Kier molecular flexibility index (Phi) is 4.77. The van der Waals surface area contributed by atoms with Crippen molar-refractivity contribution in [3.63, 3.8) is 0 Å². The SMILES string of the molecule is CCCc1nc(Cn2ccc(C(N)C(C)C)c2)cs1. The lowest BCUT2D eigenvalue weighted by Gasteiger charge is -2.13. The average Bonchev–Trinajstić information content (AvgIpc) is 2.99. The highest BCUT2D eigenvalue weighted by Gasteiger charge is 2.12. The van der Waals surface area contributed by atoms with Crippen LogP contribution in [-0.4, -0.2) is 9.55 Å². The first-order valence-corrected chi connectivity index (χ1v) is 7.82. The molecule has 1 unspecified atom stereocenters. The molecule has 2 N–H and O–H groups in total. The first-order chi connectivity index (χ1) is 9.10. The first-order valence-electron chi connectivity index (χ1n) is 6.94. The number of hydrogen-bond donors (Lipinski definition) is 1. The topological polar surface area (TPSA) is 43.8 Å². The summed E-state index contributed by atoms with van der Waals surface area (Å²) in [6, 6.07) is 2.23. The number of thiazole rings is 1. The van der Waals surface area contributed by atoms with Crippen molar-refractivity contribution in [2.75, 3.05) is 0 Å². The van der Waals surface area contributed by atoms with Gasteiger partial charge in [0.1, 0.15) is 0 Å². The van der Waals surface area contributed by atoms with Crippen LogP contribution in [0.3, 0.4) is 0 Å². The molecule has 0 aromatic carbocycles. The van der Waals surface area contributed by atoms with Crippen LogP contribution < -0.4 is 5.73 Å². The summed E-state index contributed by atoms with van der Waals surface area (Å²) in [7, 11) is 0. The Balaban J connectivity index is 2.02. The minimum absolute atomic E-state index is 0.118. The molecule has 104 valence electrons. The van der Waals surface area contributed by atoms with E-state index in [0.29, 0.717) is 5.92 Å². The Bertz CT molecular complexity index is 513. The molecule has 4 heteroatoms. The molecule has 1 atom stereocenters. The molecule has 0 aliphatic heterocycles. The van der Waals surface area contributed by atoms with E-state index in [1.54, 1.807) is 11.3 Å². The Morgan fingerprint density at radius 1 is 1.42 bits per heavy atom. The molecule has 0 bridgehead atoms. The van der Waals surface area contributed by atoms with Gasteiger partial charge in [-0.2, -0.15) is 0 Å². The lowest BCUT2D eigenvalue weighted by atomic mass is 10.00. The van der Waals surface area contributed by atoms with Crippen molar-refractivity contribution >= 4 is 11.3 Å². The van der Waals surface area contributed by atoms with Gasteiger partial charge in [-0.1, -0.05) is 20.8 Å². The molecule has 19 heavy (non-hydrogen) atoms. The van der Waals surface area contributed by atoms with Crippen LogP contribution >= 0.6 is 11.3 Å². The average molecular weight is 277 g/mol. The van der Waals surface area contributed by atoms with Crippen molar-refractivity contribution in [3.05, 3.63) is 40.1 Å². The van der Waals surface area contributed by atoms with E-state index in [2.05, 4.69) is 54.2 Å². The van der Waals surface area contributed by atoms with Crippen LogP contribution in [0.5, 0.6) is 0 Å². The minimum Gasteiger partial charge on any atom is -0.348 e. The van der Waals surface area contributed by atoms with Gasteiger partial charge in [0.25, 0.3) is 0 Å². The molecule has 0 aliphatic rings. The van der Waals surface area contributed by atoms with Gasteiger partial charge in [0, 0.05) is 23.8 Å². The molecule has 0 saturated carbocycles. The summed E-state index contributed by atoms with van der Waals surface area (Å²) < 4.78 is 2.17. The van der Waals surface area contributed by atoms with Gasteiger partial charge in [0.05, 0.1) is 17.2 Å². The maximum absolute atomic E-state index is 6.16. The Hall–Kier alpha value is -1.13. The second-order valence-electron chi connectivity index (χ2n) is 5.37. The van der Waals surface area contributed by atoms with Gasteiger partial charge >= 0.3 is 0 Å². The van der Waals surface area contributed by atoms with E-state index in [9.17, 15) is 0 Å². The Morgan fingerprint density at radius 2 is 2.21 bits per heavy atom. The van der Waals surface area contributed by atoms with Crippen LogP contribution in [0.2, 0.25) is 0 Å². The molecule has 2 heterocycles. The third-order valence-electron chi connectivity index (χ3n) is 3.28. The maximum atomic E-state index is 6.16. The van der Waals surface area contributed by atoms with Gasteiger partial charge in [-0.3, -0.25) is 0 Å². The van der Waals surface area contributed by atoms with Gasteiger partial charge in [-0.05, 0) is 30.4 Å².